The first-order chi connectivity index (χ1) is 10.9. The van der Waals surface area contributed by atoms with Gasteiger partial charge in [-0.1, -0.05) is 6.42 Å². The average molecular weight is 338 g/mol. The third-order valence-corrected chi connectivity index (χ3v) is 5.58. The number of aryl methyl sites for hydroxylation is 2. The van der Waals surface area contributed by atoms with Gasteiger partial charge in [0.15, 0.2) is 0 Å². The van der Waals surface area contributed by atoms with Crippen LogP contribution in [0.1, 0.15) is 49.2 Å². The van der Waals surface area contributed by atoms with E-state index in [2.05, 4.69) is 20.0 Å². The Balaban J connectivity index is 1.69. The fraction of sp³-hybridized carbons (Fsp3) is 0.750. The summed E-state index contributed by atoms with van der Waals surface area (Å²) in [5.41, 5.74) is 2.44. The fourth-order valence-electron chi connectivity index (χ4n) is 3.80. The van der Waals surface area contributed by atoms with E-state index < -0.39 is 10.0 Å². The van der Waals surface area contributed by atoms with Crippen molar-refractivity contribution < 1.29 is 8.42 Å². The molecule has 1 fully saturated rings. The van der Waals surface area contributed by atoms with Crippen molar-refractivity contribution in [2.24, 2.45) is 5.92 Å². The van der Waals surface area contributed by atoms with Gasteiger partial charge in [-0.3, -0.25) is 0 Å². The van der Waals surface area contributed by atoms with Crippen LogP contribution in [-0.2, 0) is 22.9 Å². The number of fused-ring (bicyclic) bond motifs is 1. The Labute approximate surface area is 138 Å². The summed E-state index contributed by atoms with van der Waals surface area (Å²) in [6.45, 7) is 2.69. The molecule has 0 aliphatic heterocycles. The van der Waals surface area contributed by atoms with Crippen molar-refractivity contribution >= 4 is 15.8 Å². The van der Waals surface area contributed by atoms with E-state index in [9.17, 15) is 8.42 Å². The first-order valence-electron chi connectivity index (χ1n) is 8.50. The summed E-state index contributed by atoms with van der Waals surface area (Å²) < 4.78 is 25.8. The normalized spacial score (nSPS) is 24.4. The lowest BCUT2D eigenvalue weighted by atomic mass is 9.96. The van der Waals surface area contributed by atoms with Crippen molar-refractivity contribution in [3.63, 3.8) is 0 Å². The van der Waals surface area contributed by atoms with E-state index in [1.807, 2.05) is 6.92 Å². The molecule has 7 heteroatoms. The third kappa shape index (κ3) is 4.20. The minimum Gasteiger partial charge on any atom is -0.369 e. The molecule has 2 aliphatic rings. The molecule has 1 aromatic rings. The third-order valence-electron chi connectivity index (χ3n) is 4.85. The molecular formula is C16H26N4O2S. The predicted octanol–water partition coefficient (Wildman–Crippen LogP) is 1.79. The summed E-state index contributed by atoms with van der Waals surface area (Å²) >= 11 is 0. The van der Waals surface area contributed by atoms with E-state index in [1.54, 1.807) is 0 Å². The molecule has 0 spiro atoms. The highest BCUT2D eigenvalue weighted by Crippen LogP contribution is 2.29. The van der Waals surface area contributed by atoms with Gasteiger partial charge in [-0.2, -0.15) is 0 Å². The average Bonchev–Trinajstić information content (AvgIpc) is 2.89. The van der Waals surface area contributed by atoms with Crippen LogP contribution >= 0.6 is 0 Å². The molecule has 1 heterocycles. The Hall–Kier alpha value is -1.21. The van der Waals surface area contributed by atoms with Gasteiger partial charge < -0.3 is 5.32 Å². The van der Waals surface area contributed by atoms with Crippen molar-refractivity contribution in [3.05, 3.63) is 17.1 Å². The molecule has 3 rings (SSSR count). The zero-order valence-corrected chi connectivity index (χ0v) is 14.7. The van der Waals surface area contributed by atoms with E-state index in [4.69, 9.17) is 0 Å². The maximum atomic E-state index is 11.5. The van der Waals surface area contributed by atoms with Gasteiger partial charge in [0, 0.05) is 23.8 Å². The Bertz CT molecular complexity index is 675. The number of anilines is 1. The molecule has 1 aromatic heterocycles. The van der Waals surface area contributed by atoms with Gasteiger partial charge in [0.1, 0.15) is 11.6 Å². The number of nitrogens with zero attached hydrogens (tertiary/aromatic N) is 2. The largest absolute Gasteiger partial charge is 0.369 e. The first-order valence-corrected chi connectivity index (χ1v) is 10.4. The van der Waals surface area contributed by atoms with E-state index >= 15 is 0 Å². The quantitative estimate of drug-likeness (QED) is 0.855. The second-order valence-electron chi connectivity index (χ2n) is 6.82. The number of aromatic nitrogens is 2. The van der Waals surface area contributed by atoms with Crippen LogP contribution in [0.25, 0.3) is 0 Å². The van der Waals surface area contributed by atoms with E-state index in [-0.39, 0.29) is 6.04 Å². The maximum absolute atomic E-state index is 11.5. The molecule has 0 radical (unpaired) electrons. The monoisotopic (exact) mass is 338 g/mol. The first kappa shape index (κ1) is 16.6. The second kappa shape index (κ2) is 6.73. The number of nitrogens with one attached hydrogen (secondary N) is 2. The van der Waals surface area contributed by atoms with Crippen LogP contribution in [0.15, 0.2) is 0 Å². The lowest BCUT2D eigenvalue weighted by molar-refractivity contribution is 0.463. The zero-order valence-electron chi connectivity index (χ0n) is 13.9. The van der Waals surface area contributed by atoms with Crippen LogP contribution in [0.2, 0.25) is 0 Å². The Morgan fingerprint density at radius 3 is 2.70 bits per heavy atom. The molecule has 0 amide bonds. The highest BCUT2D eigenvalue weighted by Gasteiger charge is 2.29. The van der Waals surface area contributed by atoms with Gasteiger partial charge in [-0.15, -0.1) is 0 Å². The summed E-state index contributed by atoms with van der Waals surface area (Å²) in [7, 11) is -3.15. The summed E-state index contributed by atoms with van der Waals surface area (Å²) in [5.74, 6) is 2.09. The smallest absolute Gasteiger partial charge is 0.208 e. The molecule has 2 aliphatic carbocycles. The molecule has 23 heavy (non-hydrogen) atoms. The lowest BCUT2D eigenvalue weighted by Crippen LogP contribution is -2.39. The number of sulfonamides is 1. The minimum absolute atomic E-state index is 0.0382. The summed E-state index contributed by atoms with van der Waals surface area (Å²) in [5, 5.41) is 3.49. The Kier molecular flexibility index (Phi) is 4.87. The Morgan fingerprint density at radius 1 is 1.13 bits per heavy atom. The minimum atomic E-state index is -3.15. The highest BCUT2D eigenvalue weighted by atomic mass is 32.2. The van der Waals surface area contributed by atoms with Gasteiger partial charge in [0.2, 0.25) is 10.0 Å². The summed E-state index contributed by atoms with van der Waals surface area (Å²) in [4.78, 5) is 9.16. The number of hydrogen-bond acceptors (Lipinski definition) is 5. The van der Waals surface area contributed by atoms with Crippen molar-refractivity contribution in [1.82, 2.24) is 14.7 Å². The van der Waals surface area contributed by atoms with Gasteiger partial charge >= 0.3 is 0 Å². The van der Waals surface area contributed by atoms with E-state index in [0.29, 0.717) is 5.92 Å². The molecule has 1 saturated carbocycles. The maximum Gasteiger partial charge on any atom is 0.208 e. The second-order valence-corrected chi connectivity index (χ2v) is 8.60. The molecule has 128 valence electrons. The van der Waals surface area contributed by atoms with E-state index in [0.717, 1.165) is 50.3 Å². The Morgan fingerprint density at radius 2 is 1.91 bits per heavy atom. The van der Waals surface area contributed by atoms with Crippen LogP contribution in [0.4, 0.5) is 5.82 Å². The van der Waals surface area contributed by atoms with Crippen molar-refractivity contribution in [1.29, 1.82) is 0 Å². The van der Waals surface area contributed by atoms with Crippen LogP contribution in [-0.4, -0.2) is 37.2 Å². The molecule has 2 unspecified atom stereocenters. The standard InChI is InChI=1S/C16H26N4O2S/c1-11-18-15-8-4-3-7-13(15)16(19-11)17-10-12-6-5-9-14(12)20-23(2,21)22/h12,14,20H,3-10H2,1-2H3,(H,17,18,19). The fourth-order valence-corrected chi connectivity index (χ4v) is 4.66. The topological polar surface area (TPSA) is 84.0 Å². The van der Waals surface area contributed by atoms with Gasteiger partial charge in [0.25, 0.3) is 0 Å². The molecule has 2 atom stereocenters. The molecule has 2 N–H and O–H groups in total. The number of rotatable bonds is 5. The molecule has 6 nitrogen and oxygen atoms in total. The van der Waals surface area contributed by atoms with Crippen molar-refractivity contribution in [3.8, 4) is 0 Å². The van der Waals surface area contributed by atoms with Crippen molar-refractivity contribution in [2.75, 3.05) is 18.1 Å². The SMILES string of the molecule is Cc1nc2c(c(NCC3CCCC3NS(C)(=O)=O)n1)CCCC2. The van der Waals surface area contributed by atoms with Crippen LogP contribution in [0.3, 0.4) is 0 Å². The number of hydrogen-bond donors (Lipinski definition) is 2. The van der Waals surface area contributed by atoms with Crippen LogP contribution in [0, 0.1) is 12.8 Å². The van der Waals surface area contributed by atoms with Crippen LogP contribution in [0.5, 0.6) is 0 Å². The lowest BCUT2D eigenvalue weighted by Gasteiger charge is -2.23. The van der Waals surface area contributed by atoms with Gasteiger partial charge in [-0.25, -0.2) is 23.1 Å². The van der Waals surface area contributed by atoms with Gasteiger partial charge in [0.05, 0.1) is 6.26 Å². The summed E-state index contributed by atoms with van der Waals surface area (Å²) in [6, 6.07) is 0.0382. The predicted molar refractivity (Wildman–Crippen MR) is 91.0 cm³/mol. The molecular weight excluding hydrogens is 312 g/mol. The molecule has 0 bridgehead atoms. The van der Waals surface area contributed by atoms with Crippen molar-refractivity contribution in [2.45, 2.75) is 57.9 Å². The van der Waals surface area contributed by atoms with Gasteiger partial charge in [-0.05, 0) is 51.4 Å². The zero-order chi connectivity index (χ0) is 16.4. The van der Waals surface area contributed by atoms with E-state index in [1.165, 1.54) is 30.4 Å². The summed E-state index contributed by atoms with van der Waals surface area (Å²) in [6.07, 6.45) is 8.73. The van der Waals surface area contributed by atoms with Crippen LogP contribution < -0.4 is 10.0 Å². The molecule has 0 saturated heterocycles. The highest BCUT2D eigenvalue weighted by molar-refractivity contribution is 7.88. The molecule has 0 aromatic carbocycles.